The van der Waals surface area contributed by atoms with E-state index >= 15 is 8.78 Å². The highest BCUT2D eigenvalue weighted by molar-refractivity contribution is 6.31. The Labute approximate surface area is 442 Å². The summed E-state index contributed by atoms with van der Waals surface area (Å²) in [5.41, 5.74) is 2.96. The number of aromatic nitrogens is 6. The molecule has 8 aromatic rings. The van der Waals surface area contributed by atoms with Crippen LogP contribution in [0.5, 0.6) is 0 Å². The molecule has 2 aliphatic heterocycles. The van der Waals surface area contributed by atoms with Crippen molar-refractivity contribution in [1.82, 2.24) is 39.7 Å². The molecule has 16 nitrogen and oxygen atoms in total. The van der Waals surface area contributed by atoms with Gasteiger partial charge >= 0.3 is 18.0 Å². The molecule has 6 heterocycles. The number of fused-ring (bicyclic) bond motifs is 4. The highest BCUT2D eigenvalue weighted by Gasteiger charge is 2.29. The van der Waals surface area contributed by atoms with Gasteiger partial charge in [0.2, 0.25) is 5.91 Å². The molecule has 0 spiro atoms. The predicted molar refractivity (Wildman–Crippen MR) is 291 cm³/mol. The van der Waals surface area contributed by atoms with Gasteiger partial charge in [0.05, 0.1) is 10.8 Å². The number of carbonyl (C=O) groups is 4. The third kappa shape index (κ3) is 11.9. The number of rotatable bonds is 7. The molecule has 4 aromatic carbocycles. The number of carbonyl (C=O) groups excluding carboxylic acids is 4. The molecule has 0 unspecified atom stereocenters. The molecule has 388 valence electrons. The minimum absolute atomic E-state index is 0.0835. The van der Waals surface area contributed by atoms with Gasteiger partial charge in [-0.05, 0) is 67.4 Å². The summed E-state index contributed by atoms with van der Waals surface area (Å²) in [7, 11) is 0. The molecule has 0 N–H and O–H groups in total. The summed E-state index contributed by atoms with van der Waals surface area (Å²) in [5.74, 6) is -1.34. The molecule has 0 bridgehead atoms. The van der Waals surface area contributed by atoms with E-state index in [1.165, 1.54) is 18.7 Å². The van der Waals surface area contributed by atoms with Crippen molar-refractivity contribution in [3.8, 4) is 22.5 Å². The molecule has 4 aromatic heterocycles. The van der Waals surface area contributed by atoms with Crippen LogP contribution in [0.15, 0.2) is 136 Å². The number of hydrogen-bond acceptors (Lipinski definition) is 14. The van der Waals surface area contributed by atoms with Crippen molar-refractivity contribution in [2.24, 2.45) is 0 Å². The number of halogens is 3. The molecule has 0 atom stereocenters. The fourth-order valence-corrected chi connectivity index (χ4v) is 8.96. The lowest BCUT2D eigenvalue weighted by molar-refractivity contribution is -0.152. The molecule has 10 rings (SSSR count). The smallest absolute Gasteiger partial charge is 0.410 e. The van der Waals surface area contributed by atoms with E-state index in [9.17, 15) is 19.2 Å². The van der Waals surface area contributed by atoms with Crippen LogP contribution in [0.2, 0.25) is 5.02 Å². The standard InChI is InChI=1S/C26H25ClFN5O2.C25H22FN5O.C6H6O3/c1-26(2,3)35-25(34)33-11-9-32(10-12-33)24-20-14-29-22(21(28)23(20)30-15-31-24)19-6-4-5-16-13-17(27)7-8-18(16)19;1-3-21(32)30-9-11-31(12-10-30)25-20-14-27-23(22(26)24(20)28-15-29-25)19-6-4-5-17-13-16(2)7-8-18(17)19;1-3-5(7)9-6(8)4-2/h4-8,13-15H,9-12H2,1-3H3;3-8,13-15H,1,9-12H2,2H3;3-4H,1-2H2. The van der Waals surface area contributed by atoms with Crippen LogP contribution in [0.25, 0.3) is 65.9 Å². The molecule has 2 amide bonds. The second kappa shape index (κ2) is 23.2. The van der Waals surface area contributed by atoms with Crippen LogP contribution in [0.1, 0.15) is 26.3 Å². The van der Waals surface area contributed by atoms with Gasteiger partial charge in [0.25, 0.3) is 0 Å². The molecule has 2 fully saturated rings. The molecule has 2 aliphatic rings. The maximum Gasteiger partial charge on any atom is 0.410 e. The first-order chi connectivity index (χ1) is 36.5. The summed E-state index contributed by atoms with van der Waals surface area (Å²) in [4.78, 5) is 78.4. The third-order valence-corrected chi connectivity index (χ3v) is 12.7. The zero-order valence-electron chi connectivity index (χ0n) is 42.3. The Bertz CT molecular complexity index is 3560. The number of aryl methyl sites for hydroxylation is 1. The minimum Gasteiger partial charge on any atom is -0.444 e. The molecule has 0 aliphatic carbocycles. The number of anilines is 2. The van der Waals surface area contributed by atoms with E-state index in [1.807, 2.05) is 98.2 Å². The SMILES string of the molecule is C=CC(=O)N1CCN(c2ncnc3c(F)c(-c4cccc5cc(C)ccc45)ncc23)CC1.C=CC(=O)OC(=O)C=C.CC(C)(C)OC(=O)N1CCN(c2ncnc3c(F)c(-c4cccc5cc(Cl)ccc45)ncc23)CC1. The van der Waals surface area contributed by atoms with Crippen LogP contribution in [-0.4, -0.2) is 122 Å². The largest absolute Gasteiger partial charge is 0.444 e. The van der Waals surface area contributed by atoms with Crippen LogP contribution in [-0.2, 0) is 23.9 Å². The average molecular weight is 1050 g/mol. The lowest BCUT2D eigenvalue weighted by Gasteiger charge is -2.36. The first-order valence-electron chi connectivity index (χ1n) is 24.1. The molecule has 2 saturated heterocycles. The number of nitrogens with zero attached hydrogens (tertiary/aromatic N) is 10. The van der Waals surface area contributed by atoms with Crippen LogP contribution in [0.4, 0.5) is 25.2 Å². The normalized spacial score (nSPS) is 13.6. The number of esters is 2. The fraction of sp³-hybridized carbons (Fsp3) is 0.228. The highest BCUT2D eigenvalue weighted by atomic mass is 35.5. The maximum absolute atomic E-state index is 15.8. The zero-order chi connectivity index (χ0) is 54.3. The summed E-state index contributed by atoms with van der Waals surface area (Å²) in [5, 5.41) is 5.46. The number of pyridine rings is 2. The molecular formula is C57H53ClF2N10O6. The van der Waals surface area contributed by atoms with Gasteiger partial charge in [-0.1, -0.05) is 97.6 Å². The average Bonchev–Trinajstić information content (AvgIpc) is 3.49. The van der Waals surface area contributed by atoms with Crippen molar-refractivity contribution < 1.29 is 37.4 Å². The van der Waals surface area contributed by atoms with Crippen molar-refractivity contribution in [3.05, 3.63) is 158 Å². The molecule has 0 radical (unpaired) electrons. The van der Waals surface area contributed by atoms with Gasteiger partial charge < -0.3 is 29.1 Å². The third-order valence-electron chi connectivity index (χ3n) is 12.4. The predicted octanol–water partition coefficient (Wildman–Crippen LogP) is 10.2. The molecule has 0 saturated carbocycles. The monoisotopic (exact) mass is 1050 g/mol. The van der Waals surface area contributed by atoms with Gasteiger partial charge in [-0.25, -0.2) is 43.1 Å². The second-order valence-corrected chi connectivity index (χ2v) is 19.0. The Morgan fingerprint density at radius 1 is 0.592 bits per heavy atom. The van der Waals surface area contributed by atoms with E-state index in [1.54, 1.807) is 28.3 Å². The van der Waals surface area contributed by atoms with E-state index in [2.05, 4.69) is 60.4 Å². The molecular weight excluding hydrogens is 994 g/mol. The van der Waals surface area contributed by atoms with E-state index in [0.717, 1.165) is 44.8 Å². The van der Waals surface area contributed by atoms with Crippen molar-refractivity contribution in [1.29, 1.82) is 0 Å². The maximum atomic E-state index is 15.8. The quantitative estimate of drug-likeness (QED) is 0.0837. The van der Waals surface area contributed by atoms with E-state index in [-0.39, 0.29) is 34.4 Å². The van der Waals surface area contributed by atoms with Crippen molar-refractivity contribution in [2.45, 2.75) is 33.3 Å². The minimum atomic E-state index is -0.764. The zero-order valence-corrected chi connectivity index (χ0v) is 43.1. The number of amides is 2. The number of piperazine rings is 2. The topological polar surface area (TPSA) is 177 Å². The van der Waals surface area contributed by atoms with Crippen molar-refractivity contribution >= 4 is 90.5 Å². The van der Waals surface area contributed by atoms with Gasteiger partial charge in [0.1, 0.15) is 52.3 Å². The lowest BCUT2D eigenvalue weighted by Crippen LogP contribution is -2.50. The lowest BCUT2D eigenvalue weighted by atomic mass is 9.99. The van der Waals surface area contributed by atoms with Gasteiger partial charge in [0, 0.05) is 93.1 Å². The summed E-state index contributed by atoms with van der Waals surface area (Å²) in [6.45, 7) is 21.6. The van der Waals surface area contributed by atoms with Gasteiger partial charge in [-0.15, -0.1) is 0 Å². The van der Waals surface area contributed by atoms with Crippen LogP contribution in [0, 0.1) is 18.6 Å². The summed E-state index contributed by atoms with van der Waals surface area (Å²) < 4.78 is 41.0. The number of hydrogen-bond donors (Lipinski definition) is 0. The first kappa shape index (κ1) is 53.5. The van der Waals surface area contributed by atoms with Crippen molar-refractivity contribution in [2.75, 3.05) is 62.2 Å². The van der Waals surface area contributed by atoms with Crippen LogP contribution in [0.3, 0.4) is 0 Å². The first-order valence-corrected chi connectivity index (χ1v) is 24.5. The Morgan fingerprint density at radius 2 is 1.07 bits per heavy atom. The Morgan fingerprint density at radius 3 is 1.54 bits per heavy atom. The second-order valence-electron chi connectivity index (χ2n) is 18.6. The fourth-order valence-electron chi connectivity index (χ4n) is 8.78. The van der Waals surface area contributed by atoms with Crippen LogP contribution >= 0.6 is 11.6 Å². The summed E-state index contributed by atoms with van der Waals surface area (Å²) in [6, 6.07) is 23.0. The Hall–Kier alpha value is -8.77. The highest BCUT2D eigenvalue weighted by Crippen LogP contribution is 2.36. The number of ether oxygens (including phenoxy) is 2. The summed E-state index contributed by atoms with van der Waals surface area (Å²) in [6.07, 6.45) is 8.83. The summed E-state index contributed by atoms with van der Waals surface area (Å²) >= 11 is 6.13. The molecule has 76 heavy (non-hydrogen) atoms. The van der Waals surface area contributed by atoms with E-state index in [0.29, 0.717) is 85.4 Å². The van der Waals surface area contributed by atoms with Crippen LogP contribution < -0.4 is 9.80 Å². The van der Waals surface area contributed by atoms with Gasteiger partial charge in [-0.2, -0.15) is 0 Å². The van der Waals surface area contributed by atoms with Gasteiger partial charge in [0.15, 0.2) is 11.6 Å². The number of benzene rings is 4. The van der Waals surface area contributed by atoms with Gasteiger partial charge in [-0.3, -0.25) is 14.8 Å². The van der Waals surface area contributed by atoms with E-state index in [4.69, 9.17) is 16.3 Å². The molecule has 19 heteroatoms. The Kier molecular flexibility index (Phi) is 16.3. The van der Waals surface area contributed by atoms with E-state index < -0.39 is 29.2 Å². The Balaban J connectivity index is 0.000000174. The van der Waals surface area contributed by atoms with Crippen molar-refractivity contribution in [3.63, 3.8) is 0 Å².